The standard InChI is InChI=1S/C18H22N4O3/c1-19-16(23)11-22-9-7-14(8-10-22)20-17(24)15-12-25-18(21-15)13-5-3-2-4-6-13/h2-6,12,14H,7-11H2,1H3,(H,19,23)(H,20,24). The Kier molecular flexibility index (Phi) is 5.45. The number of carbonyl (C=O) groups is 2. The highest BCUT2D eigenvalue weighted by Crippen LogP contribution is 2.18. The van der Waals surface area contributed by atoms with Crippen molar-refractivity contribution in [3.63, 3.8) is 0 Å². The molecule has 0 aliphatic carbocycles. The van der Waals surface area contributed by atoms with Gasteiger partial charge in [-0.1, -0.05) is 18.2 Å². The number of amides is 2. The van der Waals surface area contributed by atoms with E-state index >= 15 is 0 Å². The van der Waals surface area contributed by atoms with E-state index in [1.165, 1.54) is 6.26 Å². The number of nitrogens with one attached hydrogen (secondary N) is 2. The van der Waals surface area contributed by atoms with Crippen molar-refractivity contribution in [2.75, 3.05) is 26.7 Å². The van der Waals surface area contributed by atoms with E-state index in [4.69, 9.17) is 4.42 Å². The van der Waals surface area contributed by atoms with Crippen LogP contribution in [0.3, 0.4) is 0 Å². The monoisotopic (exact) mass is 342 g/mol. The highest BCUT2D eigenvalue weighted by Gasteiger charge is 2.23. The number of likely N-dealkylation sites (tertiary alicyclic amines) is 1. The van der Waals surface area contributed by atoms with Gasteiger partial charge in [-0.25, -0.2) is 4.98 Å². The maximum atomic E-state index is 12.4. The van der Waals surface area contributed by atoms with Crippen LogP contribution in [-0.2, 0) is 4.79 Å². The summed E-state index contributed by atoms with van der Waals surface area (Å²) in [5.74, 6) is 0.223. The molecular weight excluding hydrogens is 320 g/mol. The maximum Gasteiger partial charge on any atom is 0.273 e. The van der Waals surface area contributed by atoms with Gasteiger partial charge in [0.2, 0.25) is 11.8 Å². The first-order chi connectivity index (χ1) is 12.2. The summed E-state index contributed by atoms with van der Waals surface area (Å²) in [4.78, 5) is 30.1. The third kappa shape index (κ3) is 4.45. The Hall–Kier alpha value is -2.67. The lowest BCUT2D eigenvalue weighted by Crippen LogP contribution is -2.47. The molecule has 1 aliphatic rings. The van der Waals surface area contributed by atoms with Gasteiger partial charge in [0.25, 0.3) is 5.91 Å². The molecular formula is C18H22N4O3. The number of benzene rings is 1. The molecule has 1 saturated heterocycles. The molecule has 132 valence electrons. The SMILES string of the molecule is CNC(=O)CN1CCC(NC(=O)c2coc(-c3ccccc3)n2)CC1. The number of hydrogen-bond acceptors (Lipinski definition) is 5. The van der Waals surface area contributed by atoms with Crippen molar-refractivity contribution in [2.24, 2.45) is 0 Å². The molecule has 2 amide bonds. The zero-order valence-corrected chi connectivity index (χ0v) is 14.2. The topological polar surface area (TPSA) is 87.5 Å². The van der Waals surface area contributed by atoms with Crippen LogP contribution in [0.5, 0.6) is 0 Å². The van der Waals surface area contributed by atoms with E-state index in [0.717, 1.165) is 31.5 Å². The number of aromatic nitrogens is 1. The molecule has 3 rings (SSSR count). The number of rotatable bonds is 5. The van der Waals surface area contributed by atoms with Crippen LogP contribution in [0.4, 0.5) is 0 Å². The second kappa shape index (κ2) is 7.94. The fraction of sp³-hybridized carbons (Fsp3) is 0.389. The Balaban J connectivity index is 1.52. The van der Waals surface area contributed by atoms with Gasteiger partial charge >= 0.3 is 0 Å². The molecule has 2 heterocycles. The Morgan fingerprint density at radius 1 is 1.24 bits per heavy atom. The number of hydrogen-bond donors (Lipinski definition) is 2. The fourth-order valence-corrected chi connectivity index (χ4v) is 2.87. The first-order valence-corrected chi connectivity index (χ1v) is 8.40. The van der Waals surface area contributed by atoms with Gasteiger partial charge in [-0.05, 0) is 25.0 Å². The summed E-state index contributed by atoms with van der Waals surface area (Å²) in [6.07, 6.45) is 3.01. The summed E-state index contributed by atoms with van der Waals surface area (Å²) in [5, 5.41) is 5.62. The third-order valence-electron chi connectivity index (χ3n) is 4.33. The first kappa shape index (κ1) is 17.2. The van der Waals surface area contributed by atoms with Crippen molar-refractivity contribution in [3.05, 3.63) is 42.3 Å². The molecule has 7 heteroatoms. The van der Waals surface area contributed by atoms with Crippen molar-refractivity contribution >= 4 is 11.8 Å². The van der Waals surface area contributed by atoms with Gasteiger partial charge in [0, 0.05) is 31.7 Å². The lowest BCUT2D eigenvalue weighted by atomic mass is 10.0. The van der Waals surface area contributed by atoms with E-state index in [1.807, 2.05) is 30.3 Å². The quantitative estimate of drug-likeness (QED) is 0.855. The minimum Gasteiger partial charge on any atom is -0.444 e. The van der Waals surface area contributed by atoms with E-state index < -0.39 is 0 Å². The smallest absolute Gasteiger partial charge is 0.273 e. The van der Waals surface area contributed by atoms with Gasteiger partial charge in [-0.3, -0.25) is 14.5 Å². The maximum absolute atomic E-state index is 12.4. The van der Waals surface area contributed by atoms with E-state index in [9.17, 15) is 9.59 Å². The number of oxazole rings is 1. The van der Waals surface area contributed by atoms with Crippen LogP contribution in [0.15, 0.2) is 41.0 Å². The second-order valence-corrected chi connectivity index (χ2v) is 6.10. The molecule has 2 aromatic rings. The van der Waals surface area contributed by atoms with E-state index in [1.54, 1.807) is 7.05 Å². The van der Waals surface area contributed by atoms with Crippen LogP contribution in [0, 0.1) is 0 Å². The Morgan fingerprint density at radius 3 is 2.64 bits per heavy atom. The molecule has 1 aromatic heterocycles. The molecule has 0 bridgehead atoms. The van der Waals surface area contributed by atoms with Crippen molar-refractivity contribution in [3.8, 4) is 11.5 Å². The molecule has 0 saturated carbocycles. The first-order valence-electron chi connectivity index (χ1n) is 8.40. The summed E-state index contributed by atoms with van der Waals surface area (Å²) in [7, 11) is 1.64. The zero-order valence-electron chi connectivity index (χ0n) is 14.2. The predicted octanol–water partition coefficient (Wildman–Crippen LogP) is 1.28. The Labute approximate surface area is 146 Å². The molecule has 1 aromatic carbocycles. The molecule has 25 heavy (non-hydrogen) atoms. The molecule has 0 unspecified atom stereocenters. The van der Waals surface area contributed by atoms with Crippen molar-refractivity contribution in [1.29, 1.82) is 0 Å². The average molecular weight is 342 g/mol. The minimum absolute atomic E-state index is 0.0125. The van der Waals surface area contributed by atoms with Gasteiger partial charge in [-0.15, -0.1) is 0 Å². The summed E-state index contributed by atoms with van der Waals surface area (Å²) >= 11 is 0. The largest absolute Gasteiger partial charge is 0.444 e. The zero-order chi connectivity index (χ0) is 17.6. The van der Waals surface area contributed by atoms with Crippen LogP contribution < -0.4 is 10.6 Å². The van der Waals surface area contributed by atoms with E-state index in [0.29, 0.717) is 12.4 Å². The van der Waals surface area contributed by atoms with Crippen LogP contribution in [0.1, 0.15) is 23.3 Å². The molecule has 0 radical (unpaired) electrons. The van der Waals surface area contributed by atoms with Gasteiger partial charge < -0.3 is 15.1 Å². The lowest BCUT2D eigenvalue weighted by molar-refractivity contribution is -0.122. The van der Waals surface area contributed by atoms with Crippen LogP contribution in [0.2, 0.25) is 0 Å². The van der Waals surface area contributed by atoms with Crippen LogP contribution >= 0.6 is 0 Å². The number of nitrogens with zero attached hydrogens (tertiary/aromatic N) is 2. The fourth-order valence-electron chi connectivity index (χ4n) is 2.87. The summed E-state index contributed by atoms with van der Waals surface area (Å²) in [6.45, 7) is 1.97. The summed E-state index contributed by atoms with van der Waals surface area (Å²) < 4.78 is 5.41. The molecule has 1 fully saturated rings. The van der Waals surface area contributed by atoms with Gasteiger partial charge in [0.15, 0.2) is 5.69 Å². The predicted molar refractivity (Wildman–Crippen MR) is 92.9 cm³/mol. The summed E-state index contributed by atoms with van der Waals surface area (Å²) in [6, 6.07) is 9.56. The number of likely N-dealkylation sites (N-methyl/N-ethyl adjacent to an activating group) is 1. The highest BCUT2D eigenvalue weighted by molar-refractivity contribution is 5.92. The molecule has 2 N–H and O–H groups in total. The Morgan fingerprint density at radius 2 is 1.96 bits per heavy atom. The molecule has 7 nitrogen and oxygen atoms in total. The van der Waals surface area contributed by atoms with Gasteiger partial charge in [0.05, 0.1) is 6.54 Å². The number of piperidine rings is 1. The average Bonchev–Trinajstić information content (AvgIpc) is 3.14. The highest BCUT2D eigenvalue weighted by atomic mass is 16.3. The third-order valence-corrected chi connectivity index (χ3v) is 4.33. The van der Waals surface area contributed by atoms with Gasteiger partial charge in [0.1, 0.15) is 6.26 Å². The normalized spacial score (nSPS) is 15.7. The number of carbonyl (C=O) groups excluding carboxylic acids is 2. The van der Waals surface area contributed by atoms with E-state index in [-0.39, 0.29) is 23.6 Å². The van der Waals surface area contributed by atoms with Crippen molar-refractivity contribution in [2.45, 2.75) is 18.9 Å². The Bertz CT molecular complexity index is 721. The van der Waals surface area contributed by atoms with Crippen LogP contribution in [-0.4, -0.2) is 54.4 Å². The second-order valence-electron chi connectivity index (χ2n) is 6.10. The molecule has 0 atom stereocenters. The van der Waals surface area contributed by atoms with E-state index in [2.05, 4.69) is 20.5 Å². The molecule has 0 spiro atoms. The van der Waals surface area contributed by atoms with Crippen molar-refractivity contribution < 1.29 is 14.0 Å². The minimum atomic E-state index is -0.226. The summed E-state index contributed by atoms with van der Waals surface area (Å²) in [5.41, 5.74) is 1.12. The lowest BCUT2D eigenvalue weighted by Gasteiger charge is -2.31. The molecule has 1 aliphatic heterocycles. The van der Waals surface area contributed by atoms with Crippen LogP contribution in [0.25, 0.3) is 11.5 Å². The van der Waals surface area contributed by atoms with Gasteiger partial charge in [-0.2, -0.15) is 0 Å². The van der Waals surface area contributed by atoms with Crippen molar-refractivity contribution in [1.82, 2.24) is 20.5 Å².